The van der Waals surface area contributed by atoms with E-state index < -0.39 is 5.82 Å². The summed E-state index contributed by atoms with van der Waals surface area (Å²) < 4.78 is 38.9. The third-order valence-electron chi connectivity index (χ3n) is 6.62. The molecule has 0 unspecified atom stereocenters. The second-order valence-corrected chi connectivity index (χ2v) is 9.56. The van der Waals surface area contributed by atoms with Gasteiger partial charge in [0.1, 0.15) is 35.6 Å². The number of halogens is 1. The van der Waals surface area contributed by atoms with Crippen LogP contribution in [0.5, 0.6) is 23.0 Å². The van der Waals surface area contributed by atoms with Gasteiger partial charge in [0.25, 0.3) is 0 Å². The summed E-state index contributed by atoms with van der Waals surface area (Å²) in [5.41, 5.74) is 1.59. The van der Waals surface area contributed by atoms with Gasteiger partial charge >= 0.3 is 0 Å². The molecule has 6 rings (SSSR count). The SMILES string of the molecule is CCOc1cc2ncnc(Nc3ccc(Oc4cccc(-c5nnc(C)o5)c4)cc3F)c2cc1OC1CCNCC1. The fourth-order valence-electron chi connectivity index (χ4n) is 4.65. The number of nitrogens with zero attached hydrogens (tertiary/aromatic N) is 4. The van der Waals surface area contributed by atoms with Crippen molar-refractivity contribution in [3.05, 3.63) is 72.6 Å². The van der Waals surface area contributed by atoms with Crippen molar-refractivity contribution in [2.75, 3.05) is 25.0 Å². The molecule has 2 N–H and O–H groups in total. The molecule has 0 bridgehead atoms. The number of nitrogens with one attached hydrogen (secondary N) is 2. The second kappa shape index (κ2) is 11.8. The average molecular weight is 557 g/mol. The fraction of sp³-hybridized carbons (Fsp3) is 0.267. The van der Waals surface area contributed by atoms with Gasteiger partial charge in [0.15, 0.2) is 11.5 Å². The Morgan fingerprint density at radius 3 is 2.63 bits per heavy atom. The number of rotatable bonds is 9. The van der Waals surface area contributed by atoms with Gasteiger partial charge in [0.2, 0.25) is 11.8 Å². The van der Waals surface area contributed by atoms with Crippen molar-refractivity contribution in [2.24, 2.45) is 0 Å². The Morgan fingerprint density at radius 1 is 1.00 bits per heavy atom. The Bertz CT molecular complexity index is 1670. The predicted octanol–water partition coefficient (Wildman–Crippen LogP) is 6.19. The topological polar surface area (TPSA) is 116 Å². The number of hydrogen-bond acceptors (Lipinski definition) is 10. The molecular weight excluding hydrogens is 527 g/mol. The molecule has 0 saturated carbocycles. The Morgan fingerprint density at radius 2 is 1.85 bits per heavy atom. The second-order valence-electron chi connectivity index (χ2n) is 9.56. The van der Waals surface area contributed by atoms with Gasteiger partial charge in [-0.05, 0) is 69.3 Å². The van der Waals surface area contributed by atoms with Crippen LogP contribution in [0.4, 0.5) is 15.9 Å². The number of aryl methyl sites for hydroxylation is 1. The van der Waals surface area contributed by atoms with Crippen LogP contribution >= 0.6 is 0 Å². The molecule has 0 atom stereocenters. The van der Waals surface area contributed by atoms with Gasteiger partial charge in [0, 0.05) is 30.0 Å². The Labute approximate surface area is 235 Å². The Balaban J connectivity index is 1.24. The zero-order valence-corrected chi connectivity index (χ0v) is 22.7. The van der Waals surface area contributed by atoms with Gasteiger partial charge in [-0.15, -0.1) is 10.2 Å². The number of piperidine rings is 1. The van der Waals surface area contributed by atoms with Crippen LogP contribution in [0.1, 0.15) is 25.7 Å². The summed E-state index contributed by atoms with van der Waals surface area (Å²) in [6, 6.07) is 15.4. The first-order chi connectivity index (χ1) is 20.1. The first kappa shape index (κ1) is 26.5. The molecule has 11 heteroatoms. The number of fused-ring (bicyclic) bond motifs is 1. The van der Waals surface area contributed by atoms with E-state index in [4.69, 9.17) is 18.6 Å². The van der Waals surface area contributed by atoms with Gasteiger partial charge < -0.3 is 29.3 Å². The third kappa shape index (κ3) is 6.04. The van der Waals surface area contributed by atoms with E-state index in [9.17, 15) is 0 Å². The molecule has 1 aliphatic heterocycles. The summed E-state index contributed by atoms with van der Waals surface area (Å²) in [4.78, 5) is 8.79. The highest BCUT2D eigenvalue weighted by Gasteiger charge is 2.19. The molecule has 5 aromatic rings. The van der Waals surface area contributed by atoms with E-state index in [0.717, 1.165) is 25.9 Å². The molecule has 2 aromatic heterocycles. The summed E-state index contributed by atoms with van der Waals surface area (Å²) in [6.07, 6.45) is 3.32. The van der Waals surface area contributed by atoms with Crippen molar-refractivity contribution >= 4 is 22.4 Å². The molecule has 1 aliphatic rings. The average Bonchev–Trinajstić information content (AvgIpc) is 3.42. The smallest absolute Gasteiger partial charge is 0.247 e. The van der Waals surface area contributed by atoms with Crippen molar-refractivity contribution in [3.63, 3.8) is 0 Å². The lowest BCUT2D eigenvalue weighted by atomic mass is 10.1. The van der Waals surface area contributed by atoms with E-state index in [1.807, 2.05) is 25.1 Å². The molecule has 1 fully saturated rings. The molecule has 0 radical (unpaired) electrons. The zero-order valence-electron chi connectivity index (χ0n) is 22.7. The van der Waals surface area contributed by atoms with Crippen LogP contribution in [0.15, 0.2) is 65.3 Å². The lowest BCUT2D eigenvalue weighted by Crippen LogP contribution is -2.34. The molecule has 3 aromatic carbocycles. The molecule has 0 amide bonds. The lowest BCUT2D eigenvalue weighted by molar-refractivity contribution is 0.155. The maximum atomic E-state index is 15.3. The van der Waals surface area contributed by atoms with E-state index in [2.05, 4.69) is 30.8 Å². The first-order valence-electron chi connectivity index (χ1n) is 13.5. The summed E-state index contributed by atoms with van der Waals surface area (Å²) in [6.45, 7) is 5.94. The molecular formula is C30H29FN6O4. The van der Waals surface area contributed by atoms with Gasteiger partial charge in [-0.1, -0.05) is 6.07 Å². The number of ether oxygens (including phenoxy) is 3. The van der Waals surface area contributed by atoms with Crippen molar-refractivity contribution in [2.45, 2.75) is 32.8 Å². The highest BCUT2D eigenvalue weighted by Crippen LogP contribution is 2.37. The van der Waals surface area contributed by atoms with Crippen molar-refractivity contribution in [1.29, 1.82) is 0 Å². The predicted molar refractivity (Wildman–Crippen MR) is 151 cm³/mol. The highest BCUT2D eigenvalue weighted by molar-refractivity contribution is 5.93. The normalized spacial score (nSPS) is 13.7. The van der Waals surface area contributed by atoms with E-state index in [-0.39, 0.29) is 11.8 Å². The van der Waals surface area contributed by atoms with Crippen molar-refractivity contribution in [1.82, 2.24) is 25.5 Å². The van der Waals surface area contributed by atoms with E-state index in [0.29, 0.717) is 63.7 Å². The van der Waals surface area contributed by atoms with E-state index in [1.165, 1.54) is 12.4 Å². The number of hydrogen-bond donors (Lipinski definition) is 2. The minimum Gasteiger partial charge on any atom is -0.490 e. The van der Waals surface area contributed by atoms with Crippen LogP contribution in [0.2, 0.25) is 0 Å². The largest absolute Gasteiger partial charge is 0.490 e. The Kier molecular flexibility index (Phi) is 7.59. The quantitative estimate of drug-likeness (QED) is 0.218. The van der Waals surface area contributed by atoms with Crippen molar-refractivity contribution in [3.8, 4) is 34.5 Å². The highest BCUT2D eigenvalue weighted by atomic mass is 19.1. The zero-order chi connectivity index (χ0) is 28.2. The summed E-state index contributed by atoms with van der Waals surface area (Å²) in [5, 5.41) is 15.0. The summed E-state index contributed by atoms with van der Waals surface area (Å²) in [5.74, 6) is 2.87. The maximum absolute atomic E-state index is 15.3. The van der Waals surface area contributed by atoms with Gasteiger partial charge in [-0.3, -0.25) is 0 Å². The number of aromatic nitrogens is 4. The van der Waals surface area contributed by atoms with Crippen molar-refractivity contribution < 1.29 is 23.0 Å². The van der Waals surface area contributed by atoms with Crippen LogP contribution in [0.25, 0.3) is 22.4 Å². The van der Waals surface area contributed by atoms with Gasteiger partial charge in [-0.25, -0.2) is 14.4 Å². The number of anilines is 2. The standard InChI is InChI=1S/C30H29FN6O4/c1-3-38-27-16-26-23(15-28(27)41-20-9-11-32-12-10-20)29(34-17-33-26)35-25-8-7-22(14-24(25)31)40-21-6-4-5-19(13-21)30-37-36-18(2)39-30/h4-8,13-17,20,32H,3,9-12H2,1-2H3,(H,33,34,35). The van der Waals surface area contributed by atoms with Gasteiger partial charge in [-0.2, -0.15) is 0 Å². The van der Waals surface area contributed by atoms with Crippen LogP contribution in [0, 0.1) is 12.7 Å². The minimum atomic E-state index is -0.505. The Hall–Kier alpha value is -4.77. The van der Waals surface area contributed by atoms with Gasteiger partial charge in [0.05, 0.1) is 17.8 Å². The van der Waals surface area contributed by atoms with Crippen LogP contribution < -0.4 is 24.8 Å². The number of benzene rings is 3. The molecule has 210 valence electrons. The van der Waals surface area contributed by atoms with Crippen LogP contribution in [0.3, 0.4) is 0 Å². The lowest BCUT2D eigenvalue weighted by Gasteiger charge is -2.25. The fourth-order valence-corrected chi connectivity index (χ4v) is 4.65. The molecule has 10 nitrogen and oxygen atoms in total. The minimum absolute atomic E-state index is 0.0794. The molecule has 3 heterocycles. The van der Waals surface area contributed by atoms with E-state index >= 15 is 4.39 Å². The molecule has 41 heavy (non-hydrogen) atoms. The third-order valence-corrected chi connectivity index (χ3v) is 6.62. The molecule has 1 saturated heterocycles. The molecule has 0 spiro atoms. The monoisotopic (exact) mass is 556 g/mol. The van der Waals surface area contributed by atoms with E-state index in [1.54, 1.807) is 37.3 Å². The van der Waals surface area contributed by atoms with Crippen LogP contribution in [-0.4, -0.2) is 46.0 Å². The summed E-state index contributed by atoms with van der Waals surface area (Å²) >= 11 is 0. The molecule has 0 aliphatic carbocycles. The summed E-state index contributed by atoms with van der Waals surface area (Å²) in [7, 11) is 0. The first-order valence-corrected chi connectivity index (χ1v) is 13.5. The maximum Gasteiger partial charge on any atom is 0.247 e. The van der Waals surface area contributed by atoms with Crippen LogP contribution in [-0.2, 0) is 0 Å².